The molecule has 3 nitrogen and oxygen atoms in total. The van der Waals surface area contributed by atoms with E-state index in [1.165, 1.54) is 24.0 Å². The highest BCUT2D eigenvalue weighted by molar-refractivity contribution is 5.81. The van der Waals surface area contributed by atoms with Crippen molar-refractivity contribution in [2.75, 3.05) is 0 Å². The lowest BCUT2D eigenvalue weighted by atomic mass is 9.92. The number of carbonyl (C=O) groups is 1. The summed E-state index contributed by atoms with van der Waals surface area (Å²) in [5.74, 6) is 0.720. The number of aryl methyl sites for hydroxylation is 2. The van der Waals surface area contributed by atoms with E-state index in [-0.39, 0.29) is 11.4 Å². The van der Waals surface area contributed by atoms with E-state index in [0.29, 0.717) is 0 Å². The van der Waals surface area contributed by atoms with Crippen molar-refractivity contribution in [2.24, 2.45) is 0 Å². The number of carbonyl (C=O) groups excluding carboxylic acids is 1. The van der Waals surface area contributed by atoms with Gasteiger partial charge in [-0.1, -0.05) is 6.07 Å². The van der Waals surface area contributed by atoms with Crippen molar-refractivity contribution in [1.82, 2.24) is 5.32 Å². The molecule has 110 valence electrons. The van der Waals surface area contributed by atoms with Gasteiger partial charge in [-0.3, -0.25) is 4.79 Å². The number of hydrogen-bond donors (Lipinski definition) is 1. The van der Waals surface area contributed by atoms with E-state index in [1.54, 1.807) is 6.92 Å². The lowest BCUT2D eigenvalue weighted by Gasteiger charge is -2.24. The maximum atomic E-state index is 12.0. The summed E-state index contributed by atoms with van der Waals surface area (Å²) in [4.78, 5) is 12.0. The van der Waals surface area contributed by atoms with Gasteiger partial charge >= 0.3 is 0 Å². The van der Waals surface area contributed by atoms with Gasteiger partial charge in [-0.05, 0) is 76.6 Å². The van der Waals surface area contributed by atoms with Crippen LogP contribution in [-0.4, -0.2) is 17.6 Å². The number of amides is 1. The van der Waals surface area contributed by atoms with Crippen LogP contribution in [0.15, 0.2) is 18.2 Å². The molecule has 1 atom stereocenters. The van der Waals surface area contributed by atoms with Crippen molar-refractivity contribution >= 4 is 5.91 Å². The van der Waals surface area contributed by atoms with Crippen molar-refractivity contribution in [3.8, 4) is 5.75 Å². The first-order chi connectivity index (χ1) is 9.35. The Morgan fingerprint density at radius 1 is 1.20 bits per heavy atom. The van der Waals surface area contributed by atoms with E-state index in [4.69, 9.17) is 4.74 Å². The summed E-state index contributed by atoms with van der Waals surface area (Å²) in [5.41, 5.74) is 2.57. The third-order valence-corrected chi connectivity index (χ3v) is 3.50. The third kappa shape index (κ3) is 3.99. The molecule has 0 radical (unpaired) electrons. The highest BCUT2D eigenvalue weighted by Gasteiger charge is 2.21. The van der Waals surface area contributed by atoms with Crippen LogP contribution in [0.5, 0.6) is 5.75 Å². The van der Waals surface area contributed by atoms with Gasteiger partial charge in [0.05, 0.1) is 0 Å². The zero-order valence-electron chi connectivity index (χ0n) is 13.0. The molecule has 1 amide bonds. The molecule has 0 saturated heterocycles. The van der Waals surface area contributed by atoms with Gasteiger partial charge in [0.15, 0.2) is 6.10 Å². The molecule has 2 rings (SSSR count). The largest absolute Gasteiger partial charge is 0.481 e. The molecule has 0 saturated carbocycles. The minimum atomic E-state index is -0.476. The quantitative estimate of drug-likeness (QED) is 0.919. The molecule has 0 bridgehead atoms. The Labute approximate surface area is 121 Å². The fourth-order valence-electron chi connectivity index (χ4n) is 2.51. The summed E-state index contributed by atoms with van der Waals surface area (Å²) in [7, 11) is 0. The molecular weight excluding hydrogens is 250 g/mol. The van der Waals surface area contributed by atoms with Crippen LogP contribution in [0.3, 0.4) is 0 Å². The molecule has 0 spiro atoms. The van der Waals surface area contributed by atoms with Gasteiger partial charge in [-0.15, -0.1) is 0 Å². The van der Waals surface area contributed by atoms with Crippen molar-refractivity contribution in [1.29, 1.82) is 0 Å². The molecule has 1 aromatic rings. The smallest absolute Gasteiger partial charge is 0.261 e. The molecule has 1 aliphatic rings. The standard InChI is InChI=1S/C17H25NO2/c1-12(16(19)18-17(2,3)4)20-15-10-9-13-7-5-6-8-14(13)11-15/h9-12H,5-8H2,1-4H3,(H,18,19)/t12-/m0/s1. The lowest BCUT2D eigenvalue weighted by Crippen LogP contribution is -2.46. The second-order valence-corrected chi connectivity index (χ2v) is 6.64. The molecule has 1 aliphatic carbocycles. The number of fused-ring (bicyclic) bond motifs is 1. The second-order valence-electron chi connectivity index (χ2n) is 6.64. The summed E-state index contributed by atoms with van der Waals surface area (Å²) in [6.45, 7) is 7.70. The second kappa shape index (κ2) is 5.86. The average Bonchev–Trinajstić information content (AvgIpc) is 2.36. The Bertz CT molecular complexity index is 488. The first-order valence-electron chi connectivity index (χ1n) is 7.46. The SMILES string of the molecule is C[C@H](Oc1ccc2c(c1)CCCC2)C(=O)NC(C)(C)C. The van der Waals surface area contributed by atoms with E-state index in [9.17, 15) is 4.79 Å². The monoisotopic (exact) mass is 275 g/mol. The first-order valence-corrected chi connectivity index (χ1v) is 7.46. The summed E-state index contributed by atoms with van der Waals surface area (Å²) < 4.78 is 5.78. The highest BCUT2D eigenvalue weighted by atomic mass is 16.5. The van der Waals surface area contributed by atoms with Crippen molar-refractivity contribution in [2.45, 2.75) is 65.0 Å². The molecule has 0 fully saturated rings. The van der Waals surface area contributed by atoms with Gasteiger partial charge in [0.25, 0.3) is 5.91 Å². The molecule has 0 heterocycles. The van der Waals surface area contributed by atoms with E-state index in [2.05, 4.69) is 17.4 Å². The average molecular weight is 275 g/mol. The zero-order valence-corrected chi connectivity index (χ0v) is 13.0. The molecule has 1 aromatic carbocycles. The Morgan fingerprint density at radius 2 is 1.85 bits per heavy atom. The predicted octanol–water partition coefficient (Wildman–Crippen LogP) is 3.25. The van der Waals surface area contributed by atoms with Crippen molar-refractivity contribution in [3.63, 3.8) is 0 Å². The van der Waals surface area contributed by atoms with Crippen LogP contribution in [0.25, 0.3) is 0 Å². The Hall–Kier alpha value is -1.51. The Balaban J connectivity index is 2.01. The van der Waals surface area contributed by atoms with Crippen LogP contribution < -0.4 is 10.1 Å². The van der Waals surface area contributed by atoms with Gasteiger partial charge < -0.3 is 10.1 Å². The number of nitrogens with one attached hydrogen (secondary N) is 1. The van der Waals surface area contributed by atoms with Crippen molar-refractivity contribution < 1.29 is 9.53 Å². The normalized spacial score (nSPS) is 16.2. The van der Waals surface area contributed by atoms with Crippen LogP contribution in [0.2, 0.25) is 0 Å². The van der Waals surface area contributed by atoms with Gasteiger partial charge in [0.1, 0.15) is 5.75 Å². The topological polar surface area (TPSA) is 38.3 Å². The molecule has 1 N–H and O–H groups in total. The van der Waals surface area contributed by atoms with Crippen LogP contribution in [0, 0.1) is 0 Å². The predicted molar refractivity (Wildman–Crippen MR) is 81.1 cm³/mol. The van der Waals surface area contributed by atoms with Crippen LogP contribution in [-0.2, 0) is 17.6 Å². The molecule has 3 heteroatoms. The maximum absolute atomic E-state index is 12.0. The third-order valence-electron chi connectivity index (χ3n) is 3.50. The van der Waals surface area contributed by atoms with Gasteiger partial charge in [-0.2, -0.15) is 0 Å². The Kier molecular flexibility index (Phi) is 4.36. The molecule has 0 aliphatic heterocycles. The summed E-state index contributed by atoms with van der Waals surface area (Å²) >= 11 is 0. The van der Waals surface area contributed by atoms with E-state index >= 15 is 0 Å². The van der Waals surface area contributed by atoms with Gasteiger partial charge in [0.2, 0.25) is 0 Å². The van der Waals surface area contributed by atoms with Crippen LogP contribution in [0.4, 0.5) is 0 Å². The number of rotatable bonds is 3. The summed E-state index contributed by atoms with van der Waals surface area (Å²) in [5, 5.41) is 2.94. The summed E-state index contributed by atoms with van der Waals surface area (Å²) in [6.07, 6.45) is 4.33. The molecule has 0 unspecified atom stereocenters. The molecule has 0 aromatic heterocycles. The fourth-order valence-corrected chi connectivity index (χ4v) is 2.51. The summed E-state index contributed by atoms with van der Waals surface area (Å²) in [6, 6.07) is 6.21. The highest BCUT2D eigenvalue weighted by Crippen LogP contribution is 2.25. The number of ether oxygens (including phenoxy) is 1. The Morgan fingerprint density at radius 3 is 2.50 bits per heavy atom. The van der Waals surface area contributed by atoms with Crippen LogP contribution in [0.1, 0.15) is 51.7 Å². The van der Waals surface area contributed by atoms with Gasteiger partial charge in [-0.25, -0.2) is 0 Å². The number of hydrogen-bond acceptors (Lipinski definition) is 2. The van der Waals surface area contributed by atoms with E-state index < -0.39 is 6.10 Å². The first kappa shape index (κ1) is 14.9. The molecular formula is C17H25NO2. The van der Waals surface area contributed by atoms with E-state index in [0.717, 1.165) is 18.6 Å². The molecule has 20 heavy (non-hydrogen) atoms. The minimum absolute atomic E-state index is 0.0739. The van der Waals surface area contributed by atoms with Gasteiger partial charge in [0, 0.05) is 5.54 Å². The number of benzene rings is 1. The van der Waals surface area contributed by atoms with Crippen molar-refractivity contribution in [3.05, 3.63) is 29.3 Å². The van der Waals surface area contributed by atoms with E-state index in [1.807, 2.05) is 26.8 Å². The minimum Gasteiger partial charge on any atom is -0.481 e. The maximum Gasteiger partial charge on any atom is 0.261 e. The zero-order chi connectivity index (χ0) is 14.8. The fraction of sp³-hybridized carbons (Fsp3) is 0.588. The lowest BCUT2D eigenvalue weighted by molar-refractivity contribution is -0.128. The van der Waals surface area contributed by atoms with Crippen LogP contribution >= 0.6 is 0 Å².